The predicted molar refractivity (Wildman–Crippen MR) is 92.6 cm³/mol. The van der Waals surface area contributed by atoms with E-state index in [4.69, 9.17) is 0 Å². The highest BCUT2D eigenvalue weighted by molar-refractivity contribution is 7.89. The monoisotopic (exact) mass is 347 g/mol. The fraction of sp³-hybridized carbons (Fsp3) is 0.278. The van der Waals surface area contributed by atoms with Gasteiger partial charge in [0.1, 0.15) is 0 Å². The van der Waals surface area contributed by atoms with Gasteiger partial charge in [-0.2, -0.15) is 0 Å². The molecule has 0 bridgehead atoms. The molecule has 0 aliphatic carbocycles. The van der Waals surface area contributed by atoms with Crippen LogP contribution in [0.5, 0.6) is 0 Å². The molecule has 0 heterocycles. The molecule has 0 radical (unpaired) electrons. The number of nitrogens with one attached hydrogen (secondary N) is 1. The number of benzene rings is 2. The van der Waals surface area contributed by atoms with Crippen molar-refractivity contribution in [1.82, 2.24) is 4.72 Å². The van der Waals surface area contributed by atoms with Gasteiger partial charge in [0, 0.05) is 6.54 Å². The highest BCUT2D eigenvalue weighted by Gasteiger charge is 2.19. The third kappa shape index (κ3) is 4.21. The molecular weight excluding hydrogens is 326 g/mol. The molecule has 1 atom stereocenters. The number of ether oxygens (including phenoxy) is 1. The Balaban J connectivity index is 2.17. The van der Waals surface area contributed by atoms with E-state index < -0.39 is 16.0 Å². The summed E-state index contributed by atoms with van der Waals surface area (Å²) in [6, 6.07) is 14.1. The second-order valence-electron chi connectivity index (χ2n) is 5.63. The first-order chi connectivity index (χ1) is 11.3. The lowest BCUT2D eigenvalue weighted by molar-refractivity contribution is 0.0599. The predicted octanol–water partition coefficient (Wildman–Crippen LogP) is 2.86. The zero-order valence-electron chi connectivity index (χ0n) is 13.9. The second kappa shape index (κ2) is 7.59. The summed E-state index contributed by atoms with van der Waals surface area (Å²) < 4.78 is 32.2. The number of hydrogen-bond donors (Lipinski definition) is 1. The van der Waals surface area contributed by atoms with E-state index in [9.17, 15) is 13.2 Å². The van der Waals surface area contributed by atoms with Crippen molar-refractivity contribution in [2.45, 2.75) is 24.7 Å². The number of sulfonamides is 1. The van der Waals surface area contributed by atoms with Crippen molar-refractivity contribution in [3.63, 3.8) is 0 Å². The van der Waals surface area contributed by atoms with Crippen LogP contribution in [0, 0.1) is 6.92 Å². The van der Waals surface area contributed by atoms with Gasteiger partial charge in [0.25, 0.3) is 0 Å². The van der Waals surface area contributed by atoms with Crippen LogP contribution in [0.1, 0.15) is 34.3 Å². The fourth-order valence-corrected chi connectivity index (χ4v) is 3.47. The molecule has 0 spiro atoms. The van der Waals surface area contributed by atoms with Crippen LogP contribution in [0.2, 0.25) is 0 Å². The molecule has 5 nitrogen and oxygen atoms in total. The highest BCUT2D eigenvalue weighted by atomic mass is 32.2. The summed E-state index contributed by atoms with van der Waals surface area (Å²) in [4.78, 5) is 11.8. The normalized spacial score (nSPS) is 12.6. The summed E-state index contributed by atoms with van der Waals surface area (Å²) in [5, 5.41) is 0. The maximum absolute atomic E-state index is 12.5. The number of rotatable bonds is 6. The van der Waals surface area contributed by atoms with E-state index in [1.54, 1.807) is 13.0 Å². The number of esters is 1. The first-order valence-electron chi connectivity index (χ1n) is 7.58. The Kier molecular flexibility index (Phi) is 5.75. The Morgan fingerprint density at radius 2 is 1.83 bits per heavy atom. The number of carbonyl (C=O) groups excluding carboxylic acids is 1. The van der Waals surface area contributed by atoms with Gasteiger partial charge in [-0.25, -0.2) is 17.9 Å². The summed E-state index contributed by atoms with van der Waals surface area (Å²) >= 11 is 0. The van der Waals surface area contributed by atoms with Gasteiger partial charge in [0.15, 0.2) is 0 Å². The van der Waals surface area contributed by atoms with Crippen LogP contribution in [0.3, 0.4) is 0 Å². The van der Waals surface area contributed by atoms with Gasteiger partial charge < -0.3 is 4.74 Å². The SMILES string of the molecule is COC(=O)c1cc(S(=O)(=O)NC[C@H](C)c2ccccc2)ccc1C. The van der Waals surface area contributed by atoms with Gasteiger partial charge in [-0.1, -0.05) is 43.3 Å². The maximum atomic E-state index is 12.5. The zero-order valence-corrected chi connectivity index (χ0v) is 14.8. The Morgan fingerprint density at radius 1 is 1.17 bits per heavy atom. The van der Waals surface area contributed by atoms with Crippen LogP contribution in [0.4, 0.5) is 0 Å². The van der Waals surface area contributed by atoms with Gasteiger partial charge >= 0.3 is 5.97 Å². The molecule has 1 N–H and O–H groups in total. The summed E-state index contributed by atoms with van der Waals surface area (Å²) in [6.07, 6.45) is 0. The zero-order chi connectivity index (χ0) is 17.7. The smallest absolute Gasteiger partial charge is 0.338 e. The minimum Gasteiger partial charge on any atom is -0.465 e. The first kappa shape index (κ1) is 18.2. The molecule has 0 aliphatic heterocycles. The summed E-state index contributed by atoms with van der Waals surface area (Å²) in [5.41, 5.74) is 1.97. The van der Waals surface area contributed by atoms with Crippen molar-refractivity contribution in [3.05, 3.63) is 65.2 Å². The average molecular weight is 347 g/mol. The van der Waals surface area contributed by atoms with Gasteiger partial charge in [0.05, 0.1) is 17.6 Å². The van der Waals surface area contributed by atoms with E-state index in [-0.39, 0.29) is 22.9 Å². The minimum atomic E-state index is -3.70. The van der Waals surface area contributed by atoms with Crippen LogP contribution in [0.15, 0.2) is 53.4 Å². The minimum absolute atomic E-state index is 0.0338. The fourth-order valence-electron chi connectivity index (χ4n) is 2.32. The van der Waals surface area contributed by atoms with Crippen molar-refractivity contribution in [2.24, 2.45) is 0 Å². The molecular formula is C18H21NO4S. The molecule has 0 fully saturated rings. The molecule has 0 saturated heterocycles. The molecule has 6 heteroatoms. The van der Waals surface area contributed by atoms with Crippen molar-refractivity contribution >= 4 is 16.0 Å². The van der Waals surface area contributed by atoms with E-state index >= 15 is 0 Å². The molecule has 128 valence electrons. The van der Waals surface area contributed by atoms with E-state index in [2.05, 4.69) is 9.46 Å². The Bertz CT molecular complexity index is 816. The van der Waals surface area contributed by atoms with E-state index in [1.165, 1.54) is 19.2 Å². The van der Waals surface area contributed by atoms with Crippen LogP contribution >= 0.6 is 0 Å². The lowest BCUT2D eigenvalue weighted by atomic mass is 10.0. The molecule has 0 saturated carbocycles. The standard InChI is InChI=1S/C18H21NO4S/c1-13-9-10-16(11-17(13)18(20)23-3)24(21,22)19-12-14(2)15-7-5-4-6-8-15/h4-11,14,19H,12H2,1-3H3/t14-/m0/s1. The highest BCUT2D eigenvalue weighted by Crippen LogP contribution is 2.18. The average Bonchev–Trinajstić information content (AvgIpc) is 2.60. The van der Waals surface area contributed by atoms with Crippen LogP contribution in [-0.2, 0) is 14.8 Å². The Hall–Kier alpha value is -2.18. The summed E-state index contributed by atoms with van der Waals surface area (Å²) in [5.74, 6) is -0.520. The number of carbonyl (C=O) groups is 1. The Morgan fingerprint density at radius 3 is 2.46 bits per heavy atom. The van der Waals surface area contributed by atoms with Crippen molar-refractivity contribution in [3.8, 4) is 0 Å². The molecule has 0 aromatic heterocycles. The third-order valence-corrected chi connectivity index (χ3v) is 5.29. The molecule has 0 aliphatic rings. The molecule has 0 unspecified atom stereocenters. The maximum Gasteiger partial charge on any atom is 0.338 e. The number of hydrogen-bond acceptors (Lipinski definition) is 4. The summed E-state index contributed by atoms with van der Waals surface area (Å²) in [6.45, 7) is 3.95. The lowest BCUT2D eigenvalue weighted by Gasteiger charge is -2.14. The first-order valence-corrected chi connectivity index (χ1v) is 9.07. The van der Waals surface area contributed by atoms with Gasteiger partial charge in [-0.15, -0.1) is 0 Å². The van der Waals surface area contributed by atoms with E-state index in [1.807, 2.05) is 37.3 Å². The second-order valence-corrected chi connectivity index (χ2v) is 7.40. The third-order valence-electron chi connectivity index (χ3n) is 3.87. The van der Waals surface area contributed by atoms with Crippen molar-refractivity contribution in [2.75, 3.05) is 13.7 Å². The molecule has 24 heavy (non-hydrogen) atoms. The van der Waals surface area contributed by atoms with E-state index in [0.29, 0.717) is 5.56 Å². The molecule has 2 aromatic rings. The number of aryl methyl sites for hydroxylation is 1. The van der Waals surface area contributed by atoms with Gasteiger partial charge in [-0.3, -0.25) is 0 Å². The van der Waals surface area contributed by atoms with E-state index in [0.717, 1.165) is 5.56 Å². The number of methoxy groups -OCH3 is 1. The molecule has 0 amide bonds. The molecule has 2 rings (SSSR count). The molecule has 2 aromatic carbocycles. The quantitative estimate of drug-likeness (QED) is 0.816. The summed E-state index contributed by atoms with van der Waals surface area (Å²) in [7, 11) is -2.44. The van der Waals surface area contributed by atoms with Gasteiger partial charge in [0.2, 0.25) is 10.0 Å². The van der Waals surface area contributed by atoms with Crippen LogP contribution < -0.4 is 4.72 Å². The van der Waals surface area contributed by atoms with Crippen molar-refractivity contribution < 1.29 is 17.9 Å². The van der Waals surface area contributed by atoms with Crippen LogP contribution in [0.25, 0.3) is 0 Å². The largest absolute Gasteiger partial charge is 0.465 e. The Labute approximate surface area is 142 Å². The van der Waals surface area contributed by atoms with Crippen molar-refractivity contribution in [1.29, 1.82) is 0 Å². The van der Waals surface area contributed by atoms with Crippen LogP contribution in [-0.4, -0.2) is 28.0 Å². The topological polar surface area (TPSA) is 72.5 Å². The van der Waals surface area contributed by atoms with Gasteiger partial charge in [-0.05, 0) is 36.1 Å². The lowest BCUT2D eigenvalue weighted by Crippen LogP contribution is -2.28.